The zero-order valence-corrected chi connectivity index (χ0v) is 11.3. The van der Waals surface area contributed by atoms with Crippen LogP contribution in [0.2, 0.25) is 0 Å². The second kappa shape index (κ2) is 5.27. The molecule has 19 heavy (non-hydrogen) atoms. The highest BCUT2D eigenvalue weighted by Gasteiger charge is 2.23. The Morgan fingerprint density at radius 3 is 2.53 bits per heavy atom. The number of rotatable bonds is 4. The summed E-state index contributed by atoms with van der Waals surface area (Å²) in [6, 6.07) is 6.43. The van der Waals surface area contributed by atoms with Crippen molar-refractivity contribution in [2.24, 2.45) is 0 Å². The number of carboxylic acid groups (broad SMARTS) is 1. The molecule has 100 valence electrons. The van der Waals surface area contributed by atoms with Crippen LogP contribution in [-0.4, -0.2) is 28.9 Å². The van der Waals surface area contributed by atoms with Gasteiger partial charge in [-0.05, 0) is 30.5 Å². The fraction of sp³-hybridized carbons (Fsp3) is 0.231. The third kappa shape index (κ3) is 2.68. The standard InChI is InChI=1S/C13H13NO4S/c1-8(11-4-3-7-19-11)14(2)12(15)9-5-6-10(18-9)13(16)17/h3-8H,1-2H3,(H,16,17). The highest BCUT2D eigenvalue weighted by atomic mass is 32.1. The van der Waals surface area contributed by atoms with Crippen molar-refractivity contribution in [1.82, 2.24) is 4.90 Å². The van der Waals surface area contributed by atoms with E-state index in [0.29, 0.717) is 0 Å². The van der Waals surface area contributed by atoms with Crippen LogP contribution in [0, 0.1) is 0 Å². The first kappa shape index (κ1) is 13.4. The van der Waals surface area contributed by atoms with Crippen molar-refractivity contribution in [2.45, 2.75) is 13.0 Å². The van der Waals surface area contributed by atoms with E-state index in [1.165, 1.54) is 17.0 Å². The van der Waals surface area contributed by atoms with Crippen LogP contribution in [0.15, 0.2) is 34.1 Å². The Labute approximate surface area is 114 Å². The molecule has 0 radical (unpaired) electrons. The van der Waals surface area contributed by atoms with Crippen molar-refractivity contribution < 1.29 is 19.1 Å². The minimum absolute atomic E-state index is 0.0308. The predicted octanol–water partition coefficient (Wildman–Crippen LogP) is 2.87. The lowest BCUT2D eigenvalue weighted by Crippen LogP contribution is -2.28. The number of amides is 1. The topological polar surface area (TPSA) is 70.8 Å². The molecule has 0 bridgehead atoms. The summed E-state index contributed by atoms with van der Waals surface area (Å²) in [6.45, 7) is 1.91. The summed E-state index contributed by atoms with van der Waals surface area (Å²) in [5, 5.41) is 10.7. The van der Waals surface area contributed by atoms with Crippen LogP contribution in [0.5, 0.6) is 0 Å². The lowest BCUT2D eigenvalue weighted by atomic mass is 10.2. The summed E-state index contributed by atoms with van der Waals surface area (Å²) in [4.78, 5) is 25.5. The third-order valence-electron chi connectivity index (χ3n) is 2.88. The molecule has 2 heterocycles. The average molecular weight is 279 g/mol. The smallest absolute Gasteiger partial charge is 0.371 e. The molecule has 0 aliphatic rings. The summed E-state index contributed by atoms with van der Waals surface area (Å²) in [7, 11) is 1.66. The van der Waals surface area contributed by atoms with Gasteiger partial charge in [0, 0.05) is 11.9 Å². The molecule has 2 aromatic heterocycles. The Kier molecular flexibility index (Phi) is 3.71. The van der Waals surface area contributed by atoms with Crippen molar-refractivity contribution in [3.8, 4) is 0 Å². The van der Waals surface area contributed by atoms with Gasteiger partial charge < -0.3 is 14.4 Å². The molecule has 0 aliphatic heterocycles. The maximum Gasteiger partial charge on any atom is 0.371 e. The lowest BCUT2D eigenvalue weighted by molar-refractivity contribution is 0.0647. The minimum atomic E-state index is -1.19. The van der Waals surface area contributed by atoms with Crippen LogP contribution in [-0.2, 0) is 0 Å². The van der Waals surface area contributed by atoms with Crippen LogP contribution >= 0.6 is 11.3 Å². The summed E-state index contributed by atoms with van der Waals surface area (Å²) in [5.41, 5.74) is 0. The number of hydrogen-bond acceptors (Lipinski definition) is 4. The largest absolute Gasteiger partial charge is 0.475 e. The third-order valence-corrected chi connectivity index (χ3v) is 3.93. The molecule has 6 heteroatoms. The van der Waals surface area contributed by atoms with E-state index in [-0.39, 0.29) is 23.5 Å². The van der Waals surface area contributed by atoms with E-state index >= 15 is 0 Å². The van der Waals surface area contributed by atoms with Gasteiger partial charge in [-0.25, -0.2) is 4.79 Å². The van der Waals surface area contributed by atoms with E-state index < -0.39 is 5.97 Å². The summed E-state index contributed by atoms with van der Waals surface area (Å²) < 4.78 is 5.01. The quantitative estimate of drug-likeness (QED) is 0.934. The molecule has 0 fully saturated rings. The second-order valence-electron chi connectivity index (χ2n) is 4.08. The van der Waals surface area contributed by atoms with Gasteiger partial charge in [-0.2, -0.15) is 0 Å². The van der Waals surface area contributed by atoms with Gasteiger partial charge in [0.15, 0.2) is 5.76 Å². The van der Waals surface area contributed by atoms with E-state index in [0.717, 1.165) is 4.88 Å². The number of aromatic carboxylic acids is 1. The second-order valence-corrected chi connectivity index (χ2v) is 5.06. The van der Waals surface area contributed by atoms with Gasteiger partial charge in [-0.1, -0.05) is 6.07 Å². The number of furan rings is 1. The van der Waals surface area contributed by atoms with E-state index in [9.17, 15) is 9.59 Å². The van der Waals surface area contributed by atoms with Crippen LogP contribution in [0.25, 0.3) is 0 Å². The first-order chi connectivity index (χ1) is 9.00. The molecule has 0 saturated heterocycles. The molecule has 0 aromatic carbocycles. The fourth-order valence-corrected chi connectivity index (χ4v) is 2.46. The summed E-state index contributed by atoms with van der Waals surface area (Å²) in [5.74, 6) is -1.73. The molecule has 1 N–H and O–H groups in total. The Morgan fingerprint density at radius 1 is 1.32 bits per heavy atom. The van der Waals surface area contributed by atoms with Gasteiger partial charge >= 0.3 is 5.97 Å². The number of nitrogens with zero attached hydrogens (tertiary/aromatic N) is 1. The van der Waals surface area contributed by atoms with Crippen LogP contribution in [0.4, 0.5) is 0 Å². The molecule has 2 aromatic rings. The van der Waals surface area contributed by atoms with Crippen molar-refractivity contribution in [3.05, 3.63) is 46.0 Å². The first-order valence-electron chi connectivity index (χ1n) is 5.64. The zero-order valence-electron chi connectivity index (χ0n) is 10.5. The van der Waals surface area contributed by atoms with Gasteiger partial charge in [0.2, 0.25) is 5.76 Å². The lowest BCUT2D eigenvalue weighted by Gasteiger charge is -2.22. The SMILES string of the molecule is CC(c1cccs1)N(C)C(=O)c1ccc(C(=O)O)o1. The predicted molar refractivity (Wildman–Crippen MR) is 70.5 cm³/mol. The van der Waals surface area contributed by atoms with E-state index in [2.05, 4.69) is 0 Å². The summed E-state index contributed by atoms with van der Waals surface area (Å²) in [6.07, 6.45) is 0. The molecule has 1 unspecified atom stereocenters. The Bertz CT molecular complexity index is 588. The molecule has 0 spiro atoms. The average Bonchev–Trinajstić information content (AvgIpc) is 3.06. The zero-order chi connectivity index (χ0) is 14.0. The molecular formula is C13H13NO4S. The maximum atomic E-state index is 12.2. The van der Waals surface area contributed by atoms with Crippen LogP contribution in [0.1, 0.15) is 39.0 Å². The normalized spacial score (nSPS) is 12.1. The molecular weight excluding hydrogens is 266 g/mol. The van der Waals surface area contributed by atoms with E-state index in [4.69, 9.17) is 9.52 Å². The Morgan fingerprint density at radius 2 is 2.00 bits per heavy atom. The molecule has 1 atom stereocenters. The highest BCUT2D eigenvalue weighted by Crippen LogP contribution is 2.25. The number of carbonyl (C=O) groups excluding carboxylic acids is 1. The highest BCUT2D eigenvalue weighted by molar-refractivity contribution is 7.10. The minimum Gasteiger partial charge on any atom is -0.475 e. The Balaban J connectivity index is 2.16. The molecule has 2 rings (SSSR count). The number of hydrogen-bond donors (Lipinski definition) is 1. The van der Waals surface area contributed by atoms with Crippen molar-refractivity contribution in [3.63, 3.8) is 0 Å². The monoisotopic (exact) mass is 279 g/mol. The van der Waals surface area contributed by atoms with Crippen molar-refractivity contribution in [1.29, 1.82) is 0 Å². The number of thiophene rings is 1. The first-order valence-corrected chi connectivity index (χ1v) is 6.52. The van der Waals surface area contributed by atoms with Crippen LogP contribution < -0.4 is 0 Å². The molecule has 0 saturated carbocycles. The van der Waals surface area contributed by atoms with Crippen molar-refractivity contribution >= 4 is 23.2 Å². The van der Waals surface area contributed by atoms with Gasteiger partial charge in [0.25, 0.3) is 5.91 Å². The van der Waals surface area contributed by atoms with E-state index in [1.807, 2.05) is 24.4 Å². The summed E-state index contributed by atoms with van der Waals surface area (Å²) >= 11 is 1.56. The van der Waals surface area contributed by atoms with Crippen molar-refractivity contribution in [2.75, 3.05) is 7.05 Å². The number of carboxylic acids is 1. The van der Waals surface area contributed by atoms with Gasteiger partial charge in [-0.15, -0.1) is 11.3 Å². The molecule has 1 amide bonds. The molecule has 5 nitrogen and oxygen atoms in total. The maximum absolute atomic E-state index is 12.2. The van der Waals surface area contributed by atoms with Crippen LogP contribution in [0.3, 0.4) is 0 Å². The molecule has 0 aliphatic carbocycles. The van der Waals surface area contributed by atoms with Gasteiger partial charge in [-0.3, -0.25) is 4.79 Å². The van der Waals surface area contributed by atoms with Gasteiger partial charge in [0.1, 0.15) is 0 Å². The fourth-order valence-electron chi connectivity index (χ4n) is 1.64. The van der Waals surface area contributed by atoms with Gasteiger partial charge in [0.05, 0.1) is 6.04 Å². The van der Waals surface area contributed by atoms with E-state index in [1.54, 1.807) is 18.4 Å². The number of carbonyl (C=O) groups is 2. The Hall–Kier alpha value is -2.08.